The molecular formula is C18H23N3O2. The van der Waals surface area contributed by atoms with Crippen molar-refractivity contribution in [3.8, 4) is 5.75 Å². The summed E-state index contributed by atoms with van der Waals surface area (Å²) in [4.78, 5) is 14.5. The maximum absolute atomic E-state index is 12.5. The van der Waals surface area contributed by atoms with Crippen molar-refractivity contribution in [3.05, 3.63) is 46.8 Å². The summed E-state index contributed by atoms with van der Waals surface area (Å²) in [7, 11) is 1.66. The lowest BCUT2D eigenvalue weighted by Gasteiger charge is -2.41. The van der Waals surface area contributed by atoms with Gasteiger partial charge in [-0.1, -0.05) is 12.1 Å². The Labute approximate surface area is 136 Å². The first-order chi connectivity index (χ1) is 11.1. The van der Waals surface area contributed by atoms with E-state index in [1.54, 1.807) is 7.11 Å². The van der Waals surface area contributed by atoms with Gasteiger partial charge in [-0.25, -0.2) is 0 Å². The Morgan fingerprint density at radius 2 is 2.26 bits per heavy atom. The largest absolute Gasteiger partial charge is 0.497 e. The van der Waals surface area contributed by atoms with Crippen molar-refractivity contribution >= 4 is 5.91 Å². The minimum atomic E-state index is 0.180. The summed E-state index contributed by atoms with van der Waals surface area (Å²) in [6.45, 7) is 4.88. The van der Waals surface area contributed by atoms with Gasteiger partial charge in [0, 0.05) is 25.1 Å². The van der Waals surface area contributed by atoms with E-state index in [2.05, 4.69) is 16.3 Å². The fourth-order valence-corrected chi connectivity index (χ4v) is 3.03. The summed E-state index contributed by atoms with van der Waals surface area (Å²) >= 11 is 0. The van der Waals surface area contributed by atoms with E-state index in [-0.39, 0.29) is 11.9 Å². The highest BCUT2D eigenvalue weighted by atomic mass is 16.5. The Balaban J connectivity index is 1.62. The standard InChI is InChI=1S/C18H23N3O2/c1-12-13(2)19-20-16(12)7-8-18(22)21-10-9-17(21)14-5-4-6-15(11-14)23-3/h4-6,11,17H,7-10H2,1-3H3,(H,19,20). The number of aromatic amines is 1. The van der Waals surface area contributed by atoms with Gasteiger partial charge in [0.15, 0.2) is 0 Å². The smallest absolute Gasteiger partial charge is 0.223 e. The molecule has 1 N–H and O–H groups in total. The predicted molar refractivity (Wildman–Crippen MR) is 88.4 cm³/mol. The summed E-state index contributed by atoms with van der Waals surface area (Å²) in [5, 5.41) is 7.25. The van der Waals surface area contributed by atoms with E-state index in [1.807, 2.05) is 36.9 Å². The van der Waals surface area contributed by atoms with Crippen molar-refractivity contribution in [2.75, 3.05) is 13.7 Å². The Morgan fingerprint density at radius 3 is 2.87 bits per heavy atom. The molecule has 0 spiro atoms. The Hall–Kier alpha value is -2.30. The number of likely N-dealkylation sites (tertiary alicyclic amines) is 1. The number of carbonyl (C=O) groups is 1. The molecule has 3 rings (SSSR count). The summed E-state index contributed by atoms with van der Waals surface area (Å²) in [6, 6.07) is 8.17. The second kappa shape index (κ2) is 6.44. The van der Waals surface area contributed by atoms with Crippen LogP contribution in [0.1, 0.15) is 41.4 Å². The van der Waals surface area contributed by atoms with E-state index in [4.69, 9.17) is 4.74 Å². The number of hydrogen-bond acceptors (Lipinski definition) is 3. The van der Waals surface area contributed by atoms with Crippen molar-refractivity contribution < 1.29 is 9.53 Å². The number of H-pyrrole nitrogens is 1. The van der Waals surface area contributed by atoms with Crippen molar-refractivity contribution in [1.82, 2.24) is 15.1 Å². The van der Waals surface area contributed by atoms with Crippen molar-refractivity contribution in [1.29, 1.82) is 0 Å². The quantitative estimate of drug-likeness (QED) is 0.923. The highest BCUT2D eigenvalue weighted by Crippen LogP contribution is 2.35. The van der Waals surface area contributed by atoms with Gasteiger partial charge in [0.25, 0.3) is 0 Å². The fraction of sp³-hybridized carbons (Fsp3) is 0.444. The summed E-state index contributed by atoms with van der Waals surface area (Å²) in [5.41, 5.74) is 4.38. The normalized spacial score (nSPS) is 17.0. The number of methoxy groups -OCH3 is 1. The van der Waals surface area contributed by atoms with Crippen LogP contribution in [0.4, 0.5) is 0 Å². The third-order valence-corrected chi connectivity index (χ3v) is 4.75. The number of carbonyl (C=O) groups excluding carboxylic acids is 1. The predicted octanol–water partition coefficient (Wildman–Crippen LogP) is 2.94. The summed E-state index contributed by atoms with van der Waals surface area (Å²) in [6.07, 6.45) is 2.21. The van der Waals surface area contributed by atoms with Gasteiger partial charge in [-0.15, -0.1) is 0 Å². The van der Waals surface area contributed by atoms with Crippen LogP contribution in [0.15, 0.2) is 24.3 Å². The molecule has 5 nitrogen and oxygen atoms in total. The number of nitrogens with zero attached hydrogens (tertiary/aromatic N) is 2. The number of aromatic nitrogens is 2. The molecule has 1 aliphatic heterocycles. The molecule has 1 aliphatic rings. The van der Waals surface area contributed by atoms with Crippen LogP contribution < -0.4 is 4.74 Å². The zero-order valence-electron chi connectivity index (χ0n) is 13.9. The van der Waals surface area contributed by atoms with Crippen LogP contribution in [0.5, 0.6) is 5.75 Å². The van der Waals surface area contributed by atoms with E-state index in [0.29, 0.717) is 12.8 Å². The van der Waals surface area contributed by atoms with Gasteiger partial charge in [0.05, 0.1) is 18.8 Å². The maximum Gasteiger partial charge on any atom is 0.223 e. The Morgan fingerprint density at radius 1 is 1.43 bits per heavy atom. The second-order valence-electron chi connectivity index (χ2n) is 6.09. The molecule has 1 amide bonds. The zero-order chi connectivity index (χ0) is 16.4. The summed E-state index contributed by atoms with van der Waals surface area (Å²) < 4.78 is 5.27. The average molecular weight is 313 g/mol. The molecule has 122 valence electrons. The van der Waals surface area contributed by atoms with Crippen LogP contribution in [-0.4, -0.2) is 34.7 Å². The van der Waals surface area contributed by atoms with Gasteiger partial charge in [-0.05, 0) is 43.5 Å². The molecule has 1 unspecified atom stereocenters. The highest BCUT2D eigenvalue weighted by molar-refractivity contribution is 5.78. The molecule has 1 aromatic heterocycles. The molecule has 0 radical (unpaired) electrons. The molecule has 1 aromatic carbocycles. The van der Waals surface area contributed by atoms with Gasteiger partial charge in [0.1, 0.15) is 5.75 Å². The molecule has 2 heterocycles. The Bertz CT molecular complexity index is 708. The molecular weight excluding hydrogens is 290 g/mol. The number of nitrogens with one attached hydrogen (secondary N) is 1. The minimum Gasteiger partial charge on any atom is -0.497 e. The molecule has 1 saturated heterocycles. The van der Waals surface area contributed by atoms with Crippen LogP contribution in [0.3, 0.4) is 0 Å². The van der Waals surface area contributed by atoms with E-state index in [0.717, 1.165) is 41.2 Å². The van der Waals surface area contributed by atoms with Gasteiger partial charge < -0.3 is 9.64 Å². The summed E-state index contributed by atoms with van der Waals surface area (Å²) in [5.74, 6) is 1.04. The maximum atomic E-state index is 12.5. The minimum absolute atomic E-state index is 0.180. The van der Waals surface area contributed by atoms with Gasteiger partial charge >= 0.3 is 0 Å². The number of ether oxygens (including phenoxy) is 1. The van der Waals surface area contributed by atoms with Crippen LogP contribution >= 0.6 is 0 Å². The van der Waals surface area contributed by atoms with Gasteiger partial charge in [-0.2, -0.15) is 5.10 Å². The van der Waals surface area contributed by atoms with E-state index >= 15 is 0 Å². The van der Waals surface area contributed by atoms with Crippen molar-refractivity contribution in [2.45, 2.75) is 39.2 Å². The lowest BCUT2D eigenvalue weighted by Crippen LogP contribution is -2.45. The first-order valence-electron chi connectivity index (χ1n) is 8.04. The number of amides is 1. The van der Waals surface area contributed by atoms with Crippen LogP contribution in [0, 0.1) is 13.8 Å². The molecule has 0 saturated carbocycles. The van der Waals surface area contributed by atoms with E-state index in [1.165, 1.54) is 0 Å². The average Bonchev–Trinajstić information content (AvgIpc) is 2.84. The SMILES string of the molecule is COc1cccc(C2CCN2C(=O)CCc2n[nH]c(C)c2C)c1. The fourth-order valence-electron chi connectivity index (χ4n) is 3.03. The number of aryl methyl sites for hydroxylation is 2. The molecule has 0 bridgehead atoms. The van der Waals surface area contributed by atoms with Crippen LogP contribution in [-0.2, 0) is 11.2 Å². The molecule has 23 heavy (non-hydrogen) atoms. The second-order valence-corrected chi connectivity index (χ2v) is 6.09. The first kappa shape index (κ1) is 15.6. The third kappa shape index (κ3) is 3.09. The third-order valence-electron chi connectivity index (χ3n) is 4.75. The number of benzene rings is 1. The first-order valence-corrected chi connectivity index (χ1v) is 8.04. The molecule has 5 heteroatoms. The van der Waals surface area contributed by atoms with Crippen LogP contribution in [0.2, 0.25) is 0 Å². The molecule has 1 atom stereocenters. The number of hydrogen-bond donors (Lipinski definition) is 1. The molecule has 1 fully saturated rings. The Kier molecular flexibility index (Phi) is 4.37. The zero-order valence-corrected chi connectivity index (χ0v) is 13.9. The van der Waals surface area contributed by atoms with E-state index < -0.39 is 0 Å². The van der Waals surface area contributed by atoms with Gasteiger partial charge in [0.2, 0.25) is 5.91 Å². The van der Waals surface area contributed by atoms with Gasteiger partial charge in [-0.3, -0.25) is 9.89 Å². The molecule has 2 aromatic rings. The topological polar surface area (TPSA) is 58.2 Å². The van der Waals surface area contributed by atoms with E-state index in [9.17, 15) is 4.79 Å². The van der Waals surface area contributed by atoms with Crippen LogP contribution in [0.25, 0.3) is 0 Å². The lowest BCUT2D eigenvalue weighted by molar-refractivity contribution is -0.139. The van der Waals surface area contributed by atoms with Crippen molar-refractivity contribution in [2.24, 2.45) is 0 Å². The number of rotatable bonds is 5. The lowest BCUT2D eigenvalue weighted by atomic mass is 9.93. The molecule has 0 aliphatic carbocycles. The highest BCUT2D eigenvalue weighted by Gasteiger charge is 2.33. The monoisotopic (exact) mass is 313 g/mol. The van der Waals surface area contributed by atoms with Crippen molar-refractivity contribution in [3.63, 3.8) is 0 Å².